The number of hydrogen-bond donors (Lipinski definition) is 1. The molecule has 2 aromatic heterocycles. The number of aryl methyl sites for hydroxylation is 2. The lowest BCUT2D eigenvalue weighted by Gasteiger charge is -2.55. The zero-order chi connectivity index (χ0) is 23.6. The monoisotopic (exact) mass is 471 g/mol. The molecule has 1 aromatic carbocycles. The van der Waals surface area contributed by atoms with Gasteiger partial charge in [-0.25, -0.2) is 17.9 Å². The number of nitrogens with zero attached hydrogens (tertiary/aromatic N) is 6. The second-order valence-corrected chi connectivity index (χ2v) is 9.31. The second-order valence-electron chi connectivity index (χ2n) is 9.31. The average Bonchev–Trinajstić information content (AvgIpc) is 3.42. The summed E-state index contributed by atoms with van der Waals surface area (Å²) >= 11 is 0. The van der Waals surface area contributed by atoms with Crippen LogP contribution in [0, 0.1) is 36.2 Å². The molecule has 0 radical (unpaired) electrons. The normalized spacial score (nSPS) is 26.4. The number of benzene rings is 1. The van der Waals surface area contributed by atoms with Crippen LogP contribution in [0.5, 0.6) is 0 Å². The molecule has 11 heteroatoms. The van der Waals surface area contributed by atoms with Crippen molar-refractivity contribution in [1.29, 1.82) is 0 Å². The molecule has 3 heterocycles. The van der Waals surface area contributed by atoms with Gasteiger partial charge in [0.1, 0.15) is 5.82 Å². The molecule has 178 valence electrons. The molecule has 4 atom stereocenters. The van der Waals surface area contributed by atoms with Crippen LogP contribution < -0.4 is 10.2 Å². The van der Waals surface area contributed by atoms with Crippen LogP contribution in [0.3, 0.4) is 0 Å². The molecule has 2 fully saturated rings. The second kappa shape index (κ2) is 7.85. The van der Waals surface area contributed by atoms with Crippen molar-refractivity contribution in [3.05, 3.63) is 58.6 Å². The number of rotatable bonds is 5. The minimum absolute atomic E-state index is 0.0770. The van der Waals surface area contributed by atoms with Gasteiger partial charge in [-0.05, 0) is 56.1 Å². The Morgan fingerprint density at radius 2 is 2.00 bits per heavy atom. The SMILES string of the molecule is Cc1noc(N(C)/C=C2\C3CCC3[C@H]2Nc2nc3n(n2)CCCC3c2ccc(F)c(F)c2F)n1. The standard InChI is InChI=1S/C23H24F3N7O/c1-11-27-23(34-31-11)32(2)10-16-12-5-6-14(12)20(16)28-22-29-21-15(4-3-9-33(21)30-22)13-7-8-17(24)19(26)18(13)25/h7-8,10,12,14-15,20H,3-6,9H2,1-2H3,(H,28,30)/b16-10+/t12?,14?,15?,20-/m1/s1. The van der Waals surface area contributed by atoms with Gasteiger partial charge >= 0.3 is 6.01 Å². The zero-order valence-electron chi connectivity index (χ0n) is 18.8. The highest BCUT2D eigenvalue weighted by molar-refractivity contribution is 5.45. The molecule has 2 aliphatic carbocycles. The first-order valence-electron chi connectivity index (χ1n) is 11.5. The summed E-state index contributed by atoms with van der Waals surface area (Å²) in [4.78, 5) is 10.8. The van der Waals surface area contributed by atoms with Gasteiger partial charge in [-0.1, -0.05) is 11.2 Å². The summed E-state index contributed by atoms with van der Waals surface area (Å²) in [5, 5.41) is 11.9. The molecule has 1 aliphatic heterocycles. The molecular weight excluding hydrogens is 447 g/mol. The fraction of sp³-hybridized carbons (Fsp3) is 0.478. The number of fused-ring (bicyclic) bond motifs is 2. The van der Waals surface area contributed by atoms with E-state index in [0.29, 0.717) is 48.4 Å². The maximum absolute atomic E-state index is 14.5. The minimum atomic E-state index is -1.45. The largest absolute Gasteiger partial charge is 0.346 e. The molecule has 6 rings (SSSR count). The van der Waals surface area contributed by atoms with Crippen molar-refractivity contribution in [2.24, 2.45) is 11.8 Å². The highest BCUT2D eigenvalue weighted by atomic mass is 19.2. The van der Waals surface area contributed by atoms with Gasteiger partial charge in [-0.15, -0.1) is 5.10 Å². The fourth-order valence-electron chi connectivity index (χ4n) is 5.43. The maximum Gasteiger partial charge on any atom is 0.327 e. The smallest absolute Gasteiger partial charge is 0.327 e. The van der Waals surface area contributed by atoms with Crippen LogP contribution in [0.2, 0.25) is 0 Å². The highest BCUT2D eigenvalue weighted by Crippen LogP contribution is 2.55. The first kappa shape index (κ1) is 21.2. The van der Waals surface area contributed by atoms with Crippen molar-refractivity contribution in [3.63, 3.8) is 0 Å². The Labute approximate surface area is 193 Å². The average molecular weight is 471 g/mol. The third kappa shape index (κ3) is 3.28. The van der Waals surface area contributed by atoms with Crippen LogP contribution in [0.4, 0.5) is 25.1 Å². The Balaban J connectivity index is 1.26. The van der Waals surface area contributed by atoms with Crippen molar-refractivity contribution in [3.8, 4) is 0 Å². The van der Waals surface area contributed by atoms with E-state index in [1.807, 2.05) is 18.1 Å². The van der Waals surface area contributed by atoms with Crippen LogP contribution in [-0.4, -0.2) is 38.0 Å². The predicted octanol–water partition coefficient (Wildman–Crippen LogP) is 4.15. The topological polar surface area (TPSA) is 84.9 Å². The number of halogens is 3. The van der Waals surface area contributed by atoms with Gasteiger partial charge in [0, 0.05) is 31.3 Å². The Bertz CT molecular complexity index is 1290. The Kier molecular flexibility index (Phi) is 4.89. The van der Waals surface area contributed by atoms with Crippen LogP contribution >= 0.6 is 0 Å². The van der Waals surface area contributed by atoms with E-state index >= 15 is 0 Å². The summed E-state index contributed by atoms with van der Waals surface area (Å²) in [6.07, 6.45) is 5.62. The molecule has 2 saturated carbocycles. The van der Waals surface area contributed by atoms with Gasteiger partial charge in [0.05, 0.1) is 6.04 Å². The van der Waals surface area contributed by atoms with Gasteiger partial charge in [-0.3, -0.25) is 0 Å². The lowest BCUT2D eigenvalue weighted by Crippen LogP contribution is -2.55. The highest BCUT2D eigenvalue weighted by Gasteiger charge is 2.52. The molecular formula is C23H24F3N7O. The quantitative estimate of drug-likeness (QED) is 0.560. The summed E-state index contributed by atoms with van der Waals surface area (Å²) in [6, 6.07) is 2.77. The molecule has 1 N–H and O–H groups in total. The van der Waals surface area contributed by atoms with Crippen molar-refractivity contribution in [1.82, 2.24) is 24.9 Å². The first-order chi connectivity index (χ1) is 16.4. The van der Waals surface area contributed by atoms with Crippen LogP contribution in [0.15, 0.2) is 28.4 Å². The van der Waals surface area contributed by atoms with Gasteiger partial charge in [0.15, 0.2) is 23.3 Å². The van der Waals surface area contributed by atoms with Gasteiger partial charge in [0.2, 0.25) is 5.95 Å². The number of nitrogens with one attached hydrogen (secondary N) is 1. The summed E-state index contributed by atoms with van der Waals surface area (Å²) < 4.78 is 48.8. The van der Waals surface area contributed by atoms with E-state index in [0.717, 1.165) is 25.3 Å². The molecule has 3 unspecified atom stereocenters. The fourth-order valence-corrected chi connectivity index (χ4v) is 5.43. The number of hydrogen-bond acceptors (Lipinski definition) is 7. The summed E-state index contributed by atoms with van der Waals surface area (Å²) in [5.41, 5.74) is 1.34. The van der Waals surface area contributed by atoms with Gasteiger partial charge in [0.25, 0.3) is 0 Å². The maximum atomic E-state index is 14.5. The molecule has 0 saturated heterocycles. The van der Waals surface area contributed by atoms with Crippen molar-refractivity contribution in [2.75, 3.05) is 17.3 Å². The van der Waals surface area contributed by atoms with E-state index in [-0.39, 0.29) is 11.6 Å². The number of aromatic nitrogens is 5. The molecule has 3 aliphatic rings. The van der Waals surface area contributed by atoms with E-state index in [9.17, 15) is 13.2 Å². The van der Waals surface area contributed by atoms with E-state index in [2.05, 4.69) is 25.5 Å². The summed E-state index contributed by atoms with van der Waals surface area (Å²) in [7, 11) is 1.87. The minimum Gasteiger partial charge on any atom is -0.346 e. The Morgan fingerprint density at radius 3 is 2.74 bits per heavy atom. The summed E-state index contributed by atoms with van der Waals surface area (Å²) in [6.45, 7) is 2.42. The molecule has 34 heavy (non-hydrogen) atoms. The molecule has 8 nitrogen and oxygen atoms in total. The number of anilines is 2. The molecule has 0 bridgehead atoms. The molecule has 0 spiro atoms. The lowest BCUT2D eigenvalue weighted by molar-refractivity contribution is 0.113. The molecule has 3 aromatic rings. The Morgan fingerprint density at radius 1 is 1.15 bits per heavy atom. The van der Waals surface area contributed by atoms with E-state index in [4.69, 9.17) is 4.52 Å². The Hall–Kier alpha value is -3.37. The van der Waals surface area contributed by atoms with Crippen molar-refractivity contribution in [2.45, 2.75) is 51.1 Å². The zero-order valence-corrected chi connectivity index (χ0v) is 18.8. The van der Waals surface area contributed by atoms with Crippen molar-refractivity contribution >= 4 is 12.0 Å². The first-order valence-corrected chi connectivity index (χ1v) is 11.5. The van der Waals surface area contributed by atoms with E-state index in [1.165, 1.54) is 11.6 Å². The van der Waals surface area contributed by atoms with Crippen molar-refractivity contribution < 1.29 is 17.7 Å². The lowest BCUT2D eigenvalue weighted by atomic mass is 9.53. The molecule has 0 amide bonds. The van der Waals surface area contributed by atoms with Crippen LogP contribution in [0.25, 0.3) is 0 Å². The van der Waals surface area contributed by atoms with Gasteiger partial charge in [-0.2, -0.15) is 9.97 Å². The third-order valence-corrected chi connectivity index (χ3v) is 7.30. The van der Waals surface area contributed by atoms with Crippen LogP contribution in [-0.2, 0) is 6.54 Å². The predicted molar refractivity (Wildman–Crippen MR) is 117 cm³/mol. The summed E-state index contributed by atoms with van der Waals surface area (Å²) in [5.74, 6) is -1.67. The third-order valence-electron chi connectivity index (χ3n) is 7.30. The van der Waals surface area contributed by atoms with E-state index < -0.39 is 23.4 Å². The van der Waals surface area contributed by atoms with E-state index in [1.54, 1.807) is 11.6 Å². The van der Waals surface area contributed by atoms with Crippen LogP contribution in [0.1, 0.15) is 48.8 Å². The van der Waals surface area contributed by atoms with Gasteiger partial charge < -0.3 is 14.7 Å².